The summed E-state index contributed by atoms with van der Waals surface area (Å²) in [5, 5.41) is 7.54. The monoisotopic (exact) mass is 285 g/mol. The highest BCUT2D eigenvalue weighted by Crippen LogP contribution is 2.27. The Bertz CT molecular complexity index is 632. The van der Waals surface area contributed by atoms with Crippen LogP contribution in [0.3, 0.4) is 0 Å². The molecule has 0 saturated carbocycles. The lowest BCUT2D eigenvalue weighted by molar-refractivity contribution is 0.0773. The van der Waals surface area contributed by atoms with Crippen LogP contribution in [0, 0.1) is 0 Å². The third kappa shape index (κ3) is 2.59. The molecule has 0 spiro atoms. The minimum Gasteiger partial charge on any atom is -0.381 e. The molecule has 1 fully saturated rings. The Balaban J connectivity index is 1.60. The molecule has 0 bridgehead atoms. The van der Waals surface area contributed by atoms with Crippen LogP contribution in [-0.4, -0.2) is 29.9 Å². The van der Waals surface area contributed by atoms with Crippen LogP contribution in [0.15, 0.2) is 22.7 Å². The van der Waals surface area contributed by atoms with Gasteiger partial charge in [0.2, 0.25) is 0 Å². The van der Waals surface area contributed by atoms with Crippen LogP contribution in [0.1, 0.15) is 35.7 Å². The molecule has 0 amide bonds. The van der Waals surface area contributed by atoms with Crippen LogP contribution >= 0.6 is 0 Å². The predicted molar refractivity (Wildman–Crippen MR) is 77.9 cm³/mol. The molecule has 1 N–H and O–H groups in total. The van der Waals surface area contributed by atoms with Gasteiger partial charge in [-0.1, -0.05) is 11.2 Å². The van der Waals surface area contributed by atoms with Crippen LogP contribution < -0.4 is 5.32 Å². The Morgan fingerprint density at radius 1 is 1.24 bits per heavy atom. The summed E-state index contributed by atoms with van der Waals surface area (Å²) < 4.78 is 11.0. The number of hydrogen-bond donors (Lipinski definition) is 1. The summed E-state index contributed by atoms with van der Waals surface area (Å²) in [6.45, 7) is 3.52. The van der Waals surface area contributed by atoms with E-state index in [2.05, 4.69) is 33.7 Å². The number of fused-ring (bicyclic) bond motifs is 1. The summed E-state index contributed by atoms with van der Waals surface area (Å²) in [6.07, 6.45) is 3.23. The molecule has 1 saturated heterocycles. The van der Waals surface area contributed by atoms with E-state index in [-0.39, 0.29) is 5.92 Å². The highest BCUT2D eigenvalue weighted by Gasteiger charge is 2.22. The molecular weight excluding hydrogens is 266 g/mol. The summed E-state index contributed by atoms with van der Waals surface area (Å²) in [7, 11) is 0. The Hall–Kier alpha value is -1.72. The molecule has 1 unspecified atom stereocenters. The van der Waals surface area contributed by atoms with Gasteiger partial charge in [0.05, 0.1) is 6.61 Å². The molecule has 0 aliphatic carbocycles. The molecule has 110 valence electrons. The number of nitrogens with one attached hydrogen (secondary N) is 1. The Morgan fingerprint density at radius 2 is 2.24 bits per heavy atom. The molecule has 5 heteroatoms. The first-order valence-electron chi connectivity index (χ1n) is 7.64. The number of nitrogens with zero attached hydrogens (tertiary/aromatic N) is 2. The van der Waals surface area contributed by atoms with Crippen molar-refractivity contribution in [3.8, 4) is 11.5 Å². The van der Waals surface area contributed by atoms with Crippen molar-refractivity contribution in [2.75, 3.05) is 19.8 Å². The molecule has 5 nitrogen and oxygen atoms in total. The van der Waals surface area contributed by atoms with Gasteiger partial charge < -0.3 is 14.6 Å². The zero-order chi connectivity index (χ0) is 14.1. The maximum atomic E-state index is 5.50. The van der Waals surface area contributed by atoms with E-state index in [1.807, 2.05) is 0 Å². The third-order valence-electron chi connectivity index (χ3n) is 4.31. The maximum absolute atomic E-state index is 5.50. The molecule has 1 aromatic carbocycles. The average molecular weight is 285 g/mol. The summed E-state index contributed by atoms with van der Waals surface area (Å²) in [5.74, 6) is 1.67. The van der Waals surface area contributed by atoms with Gasteiger partial charge in [-0.05, 0) is 49.1 Å². The number of aromatic nitrogens is 2. The molecule has 1 atom stereocenters. The van der Waals surface area contributed by atoms with Crippen LogP contribution in [0.5, 0.6) is 0 Å². The molecule has 1 aromatic heterocycles. The van der Waals surface area contributed by atoms with E-state index in [0.717, 1.165) is 50.3 Å². The van der Waals surface area contributed by atoms with Crippen LogP contribution in [0.25, 0.3) is 11.5 Å². The molecule has 2 aliphatic heterocycles. The highest BCUT2D eigenvalue weighted by molar-refractivity contribution is 5.56. The van der Waals surface area contributed by atoms with Gasteiger partial charge in [0, 0.05) is 24.6 Å². The van der Waals surface area contributed by atoms with Crippen molar-refractivity contribution < 1.29 is 9.26 Å². The minimum atomic E-state index is 0.274. The Labute approximate surface area is 123 Å². The fourth-order valence-electron chi connectivity index (χ4n) is 3.08. The number of hydrogen-bond acceptors (Lipinski definition) is 5. The van der Waals surface area contributed by atoms with Gasteiger partial charge in [0.25, 0.3) is 5.89 Å². The van der Waals surface area contributed by atoms with Gasteiger partial charge in [-0.15, -0.1) is 0 Å². The second-order valence-corrected chi connectivity index (χ2v) is 5.78. The first-order chi connectivity index (χ1) is 10.4. The number of rotatable bonds is 2. The van der Waals surface area contributed by atoms with Crippen LogP contribution in [0.4, 0.5) is 0 Å². The predicted octanol–water partition coefficient (Wildman–Crippen LogP) is 2.28. The summed E-state index contributed by atoms with van der Waals surface area (Å²) in [6, 6.07) is 6.42. The zero-order valence-electron chi connectivity index (χ0n) is 12.0. The highest BCUT2D eigenvalue weighted by atomic mass is 16.5. The number of ether oxygens (including phenoxy) is 1. The molecule has 0 radical (unpaired) electrons. The van der Waals surface area contributed by atoms with Crippen LogP contribution in [0.2, 0.25) is 0 Å². The topological polar surface area (TPSA) is 60.2 Å². The molecule has 3 heterocycles. The quantitative estimate of drug-likeness (QED) is 0.917. The average Bonchev–Trinajstić information content (AvgIpc) is 3.05. The summed E-state index contributed by atoms with van der Waals surface area (Å²) in [4.78, 5) is 4.57. The van der Waals surface area contributed by atoms with Crippen molar-refractivity contribution in [3.05, 3.63) is 35.2 Å². The lowest BCUT2D eigenvalue weighted by atomic mass is 9.98. The SMILES string of the molecule is c1cc2c(cc1-c1nc(C3CCCOC3)no1)CNCC2. The van der Waals surface area contributed by atoms with Gasteiger partial charge >= 0.3 is 0 Å². The summed E-state index contributed by atoms with van der Waals surface area (Å²) in [5.41, 5.74) is 3.75. The smallest absolute Gasteiger partial charge is 0.257 e. The van der Waals surface area contributed by atoms with Gasteiger partial charge in [0.1, 0.15) is 0 Å². The molecule has 2 aliphatic rings. The van der Waals surface area contributed by atoms with Gasteiger partial charge in [0.15, 0.2) is 5.82 Å². The van der Waals surface area contributed by atoms with E-state index in [1.54, 1.807) is 0 Å². The molecule has 21 heavy (non-hydrogen) atoms. The van der Waals surface area contributed by atoms with Crippen molar-refractivity contribution in [2.45, 2.75) is 31.7 Å². The Kier molecular flexibility index (Phi) is 3.45. The lowest BCUT2D eigenvalue weighted by Gasteiger charge is -2.18. The lowest BCUT2D eigenvalue weighted by Crippen LogP contribution is -2.23. The minimum absolute atomic E-state index is 0.274. The van der Waals surface area contributed by atoms with Crippen molar-refractivity contribution >= 4 is 0 Å². The molecule has 4 rings (SSSR count). The first kappa shape index (κ1) is 13.0. The first-order valence-corrected chi connectivity index (χ1v) is 7.64. The molecular formula is C16H19N3O2. The Morgan fingerprint density at radius 3 is 3.14 bits per heavy atom. The largest absolute Gasteiger partial charge is 0.381 e. The van der Waals surface area contributed by atoms with Crippen molar-refractivity contribution in [2.24, 2.45) is 0 Å². The van der Waals surface area contributed by atoms with E-state index in [1.165, 1.54) is 11.1 Å². The van der Waals surface area contributed by atoms with Crippen molar-refractivity contribution in [1.29, 1.82) is 0 Å². The fraction of sp³-hybridized carbons (Fsp3) is 0.500. The normalized spacial score (nSPS) is 22.0. The maximum Gasteiger partial charge on any atom is 0.257 e. The van der Waals surface area contributed by atoms with Crippen LogP contribution in [-0.2, 0) is 17.7 Å². The van der Waals surface area contributed by atoms with Crippen molar-refractivity contribution in [3.63, 3.8) is 0 Å². The standard InChI is InChI=1S/C16H19N3O2/c1-2-13(10-20-7-1)15-18-16(21-19-15)12-4-3-11-5-6-17-9-14(11)8-12/h3-4,8,13,17H,1-2,5-7,9-10H2. The molecule has 2 aromatic rings. The second kappa shape index (κ2) is 5.58. The van der Waals surface area contributed by atoms with E-state index < -0.39 is 0 Å². The summed E-state index contributed by atoms with van der Waals surface area (Å²) >= 11 is 0. The van der Waals surface area contributed by atoms with E-state index >= 15 is 0 Å². The van der Waals surface area contributed by atoms with Crippen molar-refractivity contribution in [1.82, 2.24) is 15.5 Å². The van der Waals surface area contributed by atoms with E-state index in [4.69, 9.17) is 9.26 Å². The number of benzene rings is 1. The van der Waals surface area contributed by atoms with Gasteiger partial charge in [-0.2, -0.15) is 4.98 Å². The zero-order valence-corrected chi connectivity index (χ0v) is 12.0. The van der Waals surface area contributed by atoms with E-state index in [9.17, 15) is 0 Å². The second-order valence-electron chi connectivity index (χ2n) is 5.78. The third-order valence-corrected chi connectivity index (χ3v) is 4.31. The van der Waals surface area contributed by atoms with E-state index in [0.29, 0.717) is 12.5 Å². The van der Waals surface area contributed by atoms with Gasteiger partial charge in [-0.3, -0.25) is 0 Å². The van der Waals surface area contributed by atoms with Gasteiger partial charge in [-0.25, -0.2) is 0 Å². The fourth-order valence-corrected chi connectivity index (χ4v) is 3.08.